The SMILES string of the molecule is O=C(C[NH+]1CCN(c2ccccc2)CC1)N1CC[NH+](Cc2ccc(Cl)cc2)CC1. The summed E-state index contributed by atoms with van der Waals surface area (Å²) in [6.07, 6.45) is 0. The molecule has 0 radical (unpaired) electrons. The number of nitrogens with one attached hydrogen (secondary N) is 2. The summed E-state index contributed by atoms with van der Waals surface area (Å²) in [5.74, 6) is 0.318. The second-order valence-electron chi connectivity index (χ2n) is 8.18. The van der Waals surface area contributed by atoms with Crippen LogP contribution in [-0.2, 0) is 11.3 Å². The summed E-state index contributed by atoms with van der Waals surface area (Å²) in [6, 6.07) is 18.7. The molecule has 0 unspecified atom stereocenters. The highest BCUT2D eigenvalue weighted by atomic mass is 35.5. The van der Waals surface area contributed by atoms with E-state index in [0.29, 0.717) is 12.5 Å². The monoisotopic (exact) mass is 414 g/mol. The minimum Gasteiger partial charge on any atom is -0.360 e. The number of para-hydroxylation sites is 1. The average Bonchev–Trinajstić information content (AvgIpc) is 2.77. The molecular weight excluding hydrogens is 384 g/mol. The normalized spacial score (nSPS) is 18.8. The molecule has 0 spiro atoms. The summed E-state index contributed by atoms with van der Waals surface area (Å²) >= 11 is 5.97. The van der Waals surface area contributed by atoms with Crippen molar-refractivity contribution in [3.63, 3.8) is 0 Å². The topological polar surface area (TPSA) is 32.4 Å². The van der Waals surface area contributed by atoms with E-state index in [0.717, 1.165) is 63.9 Å². The van der Waals surface area contributed by atoms with E-state index < -0.39 is 0 Å². The number of hydrogen-bond donors (Lipinski definition) is 2. The molecule has 2 aromatic carbocycles. The molecule has 2 N–H and O–H groups in total. The Bertz CT molecular complexity index is 782. The first-order valence-electron chi connectivity index (χ1n) is 10.7. The fourth-order valence-corrected chi connectivity index (χ4v) is 4.49. The van der Waals surface area contributed by atoms with E-state index in [1.807, 2.05) is 12.1 Å². The average molecular weight is 415 g/mol. The molecule has 2 aromatic rings. The van der Waals surface area contributed by atoms with E-state index in [2.05, 4.69) is 52.3 Å². The molecule has 6 heteroatoms. The van der Waals surface area contributed by atoms with Crippen molar-refractivity contribution >= 4 is 23.2 Å². The van der Waals surface area contributed by atoms with Crippen LogP contribution in [0.3, 0.4) is 0 Å². The molecule has 2 heterocycles. The second-order valence-corrected chi connectivity index (χ2v) is 8.62. The van der Waals surface area contributed by atoms with Crippen molar-refractivity contribution in [3.05, 3.63) is 65.2 Å². The van der Waals surface area contributed by atoms with E-state index in [-0.39, 0.29) is 0 Å². The van der Waals surface area contributed by atoms with Gasteiger partial charge in [-0.2, -0.15) is 0 Å². The fraction of sp³-hybridized carbons (Fsp3) is 0.435. The van der Waals surface area contributed by atoms with Crippen LogP contribution in [0.1, 0.15) is 5.56 Å². The summed E-state index contributed by atoms with van der Waals surface area (Å²) in [7, 11) is 0. The molecule has 154 valence electrons. The molecule has 0 atom stereocenters. The van der Waals surface area contributed by atoms with Gasteiger partial charge in [0, 0.05) is 16.3 Å². The van der Waals surface area contributed by atoms with E-state index in [4.69, 9.17) is 11.6 Å². The number of anilines is 1. The predicted molar refractivity (Wildman–Crippen MR) is 117 cm³/mol. The highest BCUT2D eigenvalue weighted by molar-refractivity contribution is 6.30. The number of carbonyl (C=O) groups is 1. The van der Waals surface area contributed by atoms with Crippen LogP contribution in [0.2, 0.25) is 5.02 Å². The van der Waals surface area contributed by atoms with Crippen LogP contribution >= 0.6 is 11.6 Å². The molecule has 0 aromatic heterocycles. The van der Waals surface area contributed by atoms with Crippen molar-refractivity contribution in [1.82, 2.24) is 4.90 Å². The van der Waals surface area contributed by atoms with Gasteiger partial charge in [-0.3, -0.25) is 4.79 Å². The Kier molecular flexibility index (Phi) is 6.70. The lowest BCUT2D eigenvalue weighted by atomic mass is 10.2. The Hall–Kier alpha value is -2.08. The van der Waals surface area contributed by atoms with Crippen molar-refractivity contribution in [2.45, 2.75) is 6.54 Å². The van der Waals surface area contributed by atoms with Gasteiger partial charge in [-0.05, 0) is 24.3 Å². The Morgan fingerprint density at radius 3 is 2.10 bits per heavy atom. The van der Waals surface area contributed by atoms with Crippen LogP contribution in [0.25, 0.3) is 0 Å². The molecule has 2 aliphatic heterocycles. The Labute approximate surface area is 178 Å². The first-order valence-corrected chi connectivity index (χ1v) is 11.0. The first-order chi connectivity index (χ1) is 14.2. The molecule has 0 aliphatic carbocycles. The lowest BCUT2D eigenvalue weighted by Gasteiger charge is -2.36. The highest BCUT2D eigenvalue weighted by Gasteiger charge is 2.28. The largest absolute Gasteiger partial charge is 0.360 e. The number of rotatable bonds is 5. The molecule has 29 heavy (non-hydrogen) atoms. The Balaban J connectivity index is 1.19. The predicted octanol–water partition coefficient (Wildman–Crippen LogP) is -0.0278. The van der Waals surface area contributed by atoms with Gasteiger partial charge >= 0.3 is 0 Å². The summed E-state index contributed by atoms with van der Waals surface area (Å²) in [4.78, 5) is 20.2. The van der Waals surface area contributed by atoms with Crippen LogP contribution in [0.15, 0.2) is 54.6 Å². The number of piperazine rings is 2. The standard InChI is InChI=1S/C23H29ClN4O/c24-21-8-6-20(7-9-21)18-25-12-16-28(17-13-25)23(29)19-26-10-14-27(15-11-26)22-4-2-1-3-5-22/h1-9H,10-19H2/p+2. The maximum Gasteiger partial charge on any atom is 0.278 e. The number of carbonyl (C=O) groups excluding carboxylic acids is 1. The number of nitrogens with zero attached hydrogens (tertiary/aromatic N) is 2. The summed E-state index contributed by atoms with van der Waals surface area (Å²) in [6.45, 7) is 9.51. The summed E-state index contributed by atoms with van der Waals surface area (Å²) in [5, 5.41) is 0.784. The van der Waals surface area contributed by atoms with Crippen molar-refractivity contribution in [1.29, 1.82) is 0 Å². The summed E-state index contributed by atoms with van der Waals surface area (Å²) < 4.78 is 0. The second kappa shape index (κ2) is 9.61. The van der Waals surface area contributed by atoms with Gasteiger partial charge < -0.3 is 19.6 Å². The smallest absolute Gasteiger partial charge is 0.278 e. The Morgan fingerprint density at radius 1 is 0.828 bits per heavy atom. The molecular formula is C23H31ClN4O+2. The minimum atomic E-state index is 0.318. The van der Waals surface area contributed by atoms with Gasteiger partial charge in [0.25, 0.3) is 5.91 Å². The van der Waals surface area contributed by atoms with Gasteiger partial charge in [-0.15, -0.1) is 0 Å². The van der Waals surface area contributed by atoms with E-state index in [1.165, 1.54) is 16.2 Å². The summed E-state index contributed by atoms with van der Waals surface area (Å²) in [5.41, 5.74) is 2.60. The van der Waals surface area contributed by atoms with Gasteiger partial charge in [0.2, 0.25) is 0 Å². The maximum absolute atomic E-state index is 12.8. The van der Waals surface area contributed by atoms with E-state index in [1.54, 1.807) is 4.90 Å². The number of benzene rings is 2. The third-order valence-corrected chi connectivity index (χ3v) is 6.44. The molecule has 4 rings (SSSR count). The molecule has 0 bridgehead atoms. The van der Waals surface area contributed by atoms with Gasteiger partial charge in [-0.1, -0.05) is 41.9 Å². The number of quaternary nitrogens is 2. The Morgan fingerprint density at radius 2 is 1.45 bits per heavy atom. The molecule has 0 saturated carbocycles. The number of hydrogen-bond acceptors (Lipinski definition) is 2. The lowest BCUT2D eigenvalue weighted by molar-refractivity contribution is -0.918. The van der Waals surface area contributed by atoms with Crippen molar-refractivity contribution in [3.8, 4) is 0 Å². The molecule has 5 nitrogen and oxygen atoms in total. The quantitative estimate of drug-likeness (QED) is 0.720. The van der Waals surface area contributed by atoms with Crippen LogP contribution in [-0.4, -0.2) is 69.7 Å². The molecule has 2 fully saturated rings. The van der Waals surface area contributed by atoms with Crippen LogP contribution in [0.4, 0.5) is 5.69 Å². The molecule has 1 amide bonds. The zero-order valence-corrected chi connectivity index (χ0v) is 17.7. The molecule has 2 aliphatic rings. The van der Waals surface area contributed by atoms with Crippen LogP contribution in [0, 0.1) is 0 Å². The number of halogens is 1. The van der Waals surface area contributed by atoms with Crippen molar-refractivity contribution in [2.75, 3.05) is 63.8 Å². The minimum absolute atomic E-state index is 0.318. The van der Waals surface area contributed by atoms with Gasteiger partial charge in [0.15, 0.2) is 6.54 Å². The van der Waals surface area contributed by atoms with Crippen molar-refractivity contribution < 1.29 is 14.6 Å². The van der Waals surface area contributed by atoms with Crippen LogP contribution in [0.5, 0.6) is 0 Å². The first kappa shape index (κ1) is 20.2. The van der Waals surface area contributed by atoms with Crippen molar-refractivity contribution in [2.24, 2.45) is 0 Å². The third kappa shape index (κ3) is 5.50. The lowest BCUT2D eigenvalue weighted by Crippen LogP contribution is -3.16. The fourth-order valence-electron chi connectivity index (χ4n) is 4.36. The van der Waals surface area contributed by atoms with Gasteiger partial charge in [0.05, 0.1) is 52.4 Å². The van der Waals surface area contributed by atoms with Gasteiger partial charge in [0.1, 0.15) is 6.54 Å². The zero-order valence-electron chi connectivity index (χ0n) is 16.9. The van der Waals surface area contributed by atoms with Gasteiger partial charge in [-0.25, -0.2) is 0 Å². The van der Waals surface area contributed by atoms with E-state index in [9.17, 15) is 4.79 Å². The van der Waals surface area contributed by atoms with Crippen LogP contribution < -0.4 is 14.7 Å². The zero-order chi connectivity index (χ0) is 20.1. The number of amides is 1. The molecule has 2 saturated heterocycles. The maximum atomic E-state index is 12.8. The third-order valence-electron chi connectivity index (χ3n) is 6.18. The van der Waals surface area contributed by atoms with E-state index >= 15 is 0 Å². The highest BCUT2D eigenvalue weighted by Crippen LogP contribution is 2.12.